The lowest BCUT2D eigenvalue weighted by molar-refractivity contribution is 0.0785. The maximum absolute atomic E-state index is 13.0. The Hall–Kier alpha value is -4.62. The van der Waals surface area contributed by atoms with Crippen LogP contribution in [0.2, 0.25) is 0 Å². The number of H-pyrrole nitrogens is 1. The molecule has 0 spiro atoms. The minimum absolute atomic E-state index is 0.0631. The lowest BCUT2D eigenvalue weighted by atomic mass is 10.0. The number of nitrogens with zero attached hydrogens (tertiary/aromatic N) is 1. The number of rotatable bonds is 8. The normalized spacial score (nSPS) is 10.8. The van der Waals surface area contributed by atoms with Crippen LogP contribution in [-0.4, -0.2) is 27.9 Å². The first kappa shape index (κ1) is 25.0. The van der Waals surface area contributed by atoms with E-state index in [2.05, 4.69) is 11.1 Å². The summed E-state index contributed by atoms with van der Waals surface area (Å²) in [5, 5.41) is 9.83. The van der Waals surface area contributed by atoms with Crippen molar-refractivity contribution in [3.63, 3.8) is 0 Å². The van der Waals surface area contributed by atoms with Gasteiger partial charge in [-0.3, -0.25) is 14.6 Å². The summed E-state index contributed by atoms with van der Waals surface area (Å²) in [5.41, 5.74) is 4.71. The van der Waals surface area contributed by atoms with E-state index in [1.165, 1.54) is 0 Å². The van der Waals surface area contributed by atoms with Gasteiger partial charge in [-0.25, -0.2) is 0 Å². The SMILES string of the molecule is CN(Cc1cccc(-c2ccc(Cc3sc(=O)[nH]c3O)cc2)c1)C(=O)c1ccc(Oc2ccccc2)cc1. The summed E-state index contributed by atoms with van der Waals surface area (Å²) in [7, 11) is 1.79. The molecule has 0 saturated heterocycles. The Morgan fingerprint density at radius 1 is 0.842 bits per heavy atom. The lowest BCUT2D eigenvalue weighted by Crippen LogP contribution is -2.26. The highest BCUT2D eigenvalue weighted by molar-refractivity contribution is 7.09. The Labute approximate surface area is 224 Å². The Kier molecular flexibility index (Phi) is 7.38. The van der Waals surface area contributed by atoms with Gasteiger partial charge in [0.2, 0.25) is 5.88 Å². The molecule has 1 amide bonds. The quantitative estimate of drug-likeness (QED) is 0.245. The molecule has 1 heterocycles. The van der Waals surface area contributed by atoms with E-state index in [-0.39, 0.29) is 16.7 Å². The molecule has 0 aliphatic heterocycles. The van der Waals surface area contributed by atoms with Gasteiger partial charge in [-0.2, -0.15) is 0 Å². The molecule has 0 unspecified atom stereocenters. The molecule has 5 rings (SSSR count). The van der Waals surface area contributed by atoms with Gasteiger partial charge in [0.05, 0.1) is 4.88 Å². The van der Waals surface area contributed by atoms with Crippen LogP contribution in [0.3, 0.4) is 0 Å². The summed E-state index contributed by atoms with van der Waals surface area (Å²) >= 11 is 1.02. The van der Waals surface area contributed by atoms with Crippen molar-refractivity contribution in [3.05, 3.63) is 134 Å². The number of benzene rings is 4. The summed E-state index contributed by atoms with van der Waals surface area (Å²) < 4.78 is 5.82. The molecule has 38 heavy (non-hydrogen) atoms. The third kappa shape index (κ3) is 6.02. The van der Waals surface area contributed by atoms with Gasteiger partial charge in [0, 0.05) is 25.6 Å². The number of carbonyl (C=O) groups excluding carboxylic acids is 1. The summed E-state index contributed by atoms with van der Waals surface area (Å²) in [6.07, 6.45) is 0.488. The molecule has 4 aromatic carbocycles. The summed E-state index contributed by atoms with van der Waals surface area (Å²) in [5.74, 6) is 1.29. The molecular weight excluding hydrogens is 496 g/mol. The van der Waals surface area contributed by atoms with Gasteiger partial charge in [-0.1, -0.05) is 72.0 Å². The van der Waals surface area contributed by atoms with Crippen molar-refractivity contribution in [1.82, 2.24) is 9.88 Å². The minimum Gasteiger partial charge on any atom is -0.494 e. The predicted molar refractivity (Wildman–Crippen MR) is 150 cm³/mol. The average Bonchev–Trinajstić information content (AvgIpc) is 3.25. The van der Waals surface area contributed by atoms with Gasteiger partial charge in [-0.05, 0) is 64.7 Å². The van der Waals surface area contributed by atoms with Gasteiger partial charge in [0.15, 0.2) is 0 Å². The molecule has 5 aromatic rings. The fraction of sp³-hybridized carbons (Fsp3) is 0.0968. The fourth-order valence-electron chi connectivity index (χ4n) is 4.18. The van der Waals surface area contributed by atoms with Crippen molar-refractivity contribution < 1.29 is 14.6 Å². The average molecular weight is 523 g/mol. The molecule has 2 N–H and O–H groups in total. The molecule has 0 radical (unpaired) electrons. The van der Waals surface area contributed by atoms with Gasteiger partial charge in [-0.15, -0.1) is 0 Å². The first-order valence-electron chi connectivity index (χ1n) is 12.1. The summed E-state index contributed by atoms with van der Waals surface area (Å²) in [6.45, 7) is 0.471. The zero-order valence-corrected chi connectivity index (χ0v) is 21.6. The Bertz CT molecular complexity index is 1590. The molecule has 0 aliphatic carbocycles. The number of aromatic amines is 1. The predicted octanol–water partition coefficient (Wildman–Crippen LogP) is 6.46. The minimum atomic E-state index is -0.261. The van der Waals surface area contributed by atoms with Crippen molar-refractivity contribution in [3.8, 4) is 28.5 Å². The highest BCUT2D eigenvalue weighted by atomic mass is 32.1. The molecule has 190 valence electrons. The molecule has 1 aromatic heterocycles. The number of nitrogens with one attached hydrogen (secondary N) is 1. The van der Waals surface area contributed by atoms with Crippen LogP contribution in [0, 0.1) is 0 Å². The number of amides is 1. The number of hydrogen-bond acceptors (Lipinski definition) is 5. The standard InChI is InChI=1S/C31H26N2O4S/c1-33(30(35)24-14-16-27(17-15-24)37-26-8-3-2-4-9-26)20-22-6-5-7-25(18-22)23-12-10-21(11-13-23)19-28-29(34)32-31(36)38-28/h2-18,34H,19-20H2,1H3,(H,32,36). The van der Waals surface area contributed by atoms with Gasteiger partial charge in [0.25, 0.3) is 5.91 Å². The summed E-state index contributed by atoms with van der Waals surface area (Å²) in [4.78, 5) is 28.9. The molecule has 6 nitrogen and oxygen atoms in total. The maximum atomic E-state index is 13.0. The van der Waals surface area contributed by atoms with Crippen LogP contribution in [0.5, 0.6) is 17.4 Å². The fourth-order valence-corrected chi connectivity index (χ4v) is 4.94. The van der Waals surface area contributed by atoms with Gasteiger partial charge >= 0.3 is 4.87 Å². The van der Waals surface area contributed by atoms with Crippen molar-refractivity contribution in [2.75, 3.05) is 7.05 Å². The molecule has 0 saturated carbocycles. The monoisotopic (exact) mass is 522 g/mol. The van der Waals surface area contributed by atoms with E-state index in [4.69, 9.17) is 4.74 Å². The molecule has 0 aliphatic rings. The molecule has 0 bridgehead atoms. The van der Waals surface area contributed by atoms with E-state index in [9.17, 15) is 14.7 Å². The Morgan fingerprint density at radius 2 is 1.55 bits per heavy atom. The van der Waals surface area contributed by atoms with E-state index < -0.39 is 0 Å². The number of thiazole rings is 1. The van der Waals surface area contributed by atoms with Crippen LogP contribution in [0.25, 0.3) is 11.1 Å². The third-order valence-electron chi connectivity index (χ3n) is 6.13. The zero-order valence-electron chi connectivity index (χ0n) is 20.8. The van der Waals surface area contributed by atoms with Crippen LogP contribution in [0.4, 0.5) is 0 Å². The van der Waals surface area contributed by atoms with Crippen molar-refractivity contribution >= 4 is 17.2 Å². The molecular formula is C31H26N2O4S. The highest BCUT2D eigenvalue weighted by Gasteiger charge is 2.13. The zero-order chi connectivity index (χ0) is 26.5. The largest absolute Gasteiger partial charge is 0.494 e. The number of para-hydroxylation sites is 1. The number of ether oxygens (including phenoxy) is 1. The first-order valence-corrected chi connectivity index (χ1v) is 12.9. The van der Waals surface area contributed by atoms with Gasteiger partial charge < -0.3 is 14.7 Å². The van der Waals surface area contributed by atoms with E-state index in [1.807, 2.05) is 72.8 Å². The van der Waals surface area contributed by atoms with E-state index in [0.717, 1.165) is 39.3 Å². The number of aromatic nitrogens is 1. The Morgan fingerprint density at radius 3 is 2.24 bits per heavy atom. The molecule has 0 fully saturated rings. The second kappa shape index (κ2) is 11.2. The van der Waals surface area contributed by atoms with Crippen molar-refractivity contribution in [2.45, 2.75) is 13.0 Å². The topological polar surface area (TPSA) is 82.6 Å². The van der Waals surface area contributed by atoms with Crippen LogP contribution in [0.15, 0.2) is 108 Å². The van der Waals surface area contributed by atoms with E-state index in [1.54, 1.807) is 36.2 Å². The molecule has 7 heteroatoms. The Balaban J connectivity index is 1.22. The second-order valence-corrected chi connectivity index (χ2v) is 10.0. The number of carbonyl (C=O) groups is 1. The third-order valence-corrected chi connectivity index (χ3v) is 7.00. The number of aromatic hydroxyl groups is 1. The first-order chi connectivity index (χ1) is 18.4. The van der Waals surface area contributed by atoms with Crippen LogP contribution in [-0.2, 0) is 13.0 Å². The van der Waals surface area contributed by atoms with Crippen molar-refractivity contribution in [2.24, 2.45) is 0 Å². The summed E-state index contributed by atoms with van der Waals surface area (Å²) in [6, 6.07) is 32.8. The van der Waals surface area contributed by atoms with Gasteiger partial charge in [0.1, 0.15) is 11.5 Å². The highest BCUT2D eigenvalue weighted by Crippen LogP contribution is 2.25. The second-order valence-electron chi connectivity index (χ2n) is 8.96. The van der Waals surface area contributed by atoms with Crippen LogP contribution >= 0.6 is 11.3 Å². The maximum Gasteiger partial charge on any atom is 0.307 e. The molecule has 0 atom stereocenters. The van der Waals surface area contributed by atoms with E-state index >= 15 is 0 Å². The van der Waals surface area contributed by atoms with E-state index in [0.29, 0.717) is 29.2 Å². The van der Waals surface area contributed by atoms with Crippen molar-refractivity contribution in [1.29, 1.82) is 0 Å². The lowest BCUT2D eigenvalue weighted by Gasteiger charge is -2.18. The van der Waals surface area contributed by atoms with Crippen LogP contribution in [0.1, 0.15) is 26.4 Å². The van der Waals surface area contributed by atoms with Crippen LogP contribution < -0.4 is 9.61 Å². The number of hydrogen-bond donors (Lipinski definition) is 2. The smallest absolute Gasteiger partial charge is 0.307 e.